The molecule has 8 heteroatoms. The minimum atomic E-state index is -3.62. The topological polar surface area (TPSA) is 85.2 Å². The molecule has 0 saturated carbocycles. The summed E-state index contributed by atoms with van der Waals surface area (Å²) in [5, 5.41) is 9.16. The van der Waals surface area contributed by atoms with Gasteiger partial charge in [0, 0.05) is 43.6 Å². The maximum absolute atomic E-state index is 14.2. The lowest BCUT2D eigenvalue weighted by molar-refractivity contribution is 0.309. The van der Waals surface area contributed by atoms with Crippen molar-refractivity contribution in [2.45, 2.75) is 67.5 Å². The van der Waals surface area contributed by atoms with Gasteiger partial charge in [-0.2, -0.15) is 0 Å². The number of hydrogen-bond donors (Lipinski definition) is 2. The van der Waals surface area contributed by atoms with Crippen LogP contribution in [-0.2, 0) is 22.9 Å². The van der Waals surface area contributed by atoms with Crippen molar-refractivity contribution in [3.63, 3.8) is 0 Å². The second kappa shape index (κ2) is 11.1. The van der Waals surface area contributed by atoms with Crippen LogP contribution in [0.4, 0.5) is 0 Å². The molecule has 3 heterocycles. The predicted molar refractivity (Wildman–Crippen MR) is 153 cm³/mol. The Hall–Kier alpha value is -3.20. The number of sulfone groups is 1. The molecule has 2 aliphatic heterocycles. The summed E-state index contributed by atoms with van der Waals surface area (Å²) < 4.78 is 36.2. The van der Waals surface area contributed by atoms with E-state index in [9.17, 15) is 8.42 Å². The fraction of sp³-hybridized carbons (Fsp3) is 0.387. The lowest BCUT2D eigenvalue weighted by atomic mass is 9.85. The Morgan fingerprint density at radius 3 is 2.67 bits per heavy atom. The summed E-state index contributed by atoms with van der Waals surface area (Å²) in [6, 6.07) is 21.5. The number of hydrogen-bond acceptors (Lipinski definition) is 6. The van der Waals surface area contributed by atoms with E-state index in [4.69, 9.17) is 4.74 Å². The predicted octanol–water partition coefficient (Wildman–Crippen LogP) is 4.58. The number of fused-ring (bicyclic) bond motifs is 3. The molecule has 4 aromatic rings. The number of aromatic nitrogens is 2. The van der Waals surface area contributed by atoms with Gasteiger partial charge in [0.2, 0.25) is 0 Å². The van der Waals surface area contributed by atoms with Crippen LogP contribution in [0, 0.1) is 5.92 Å². The zero-order valence-electron chi connectivity index (χ0n) is 22.2. The summed E-state index contributed by atoms with van der Waals surface area (Å²) in [4.78, 5) is 4.53. The Kier molecular flexibility index (Phi) is 7.42. The summed E-state index contributed by atoms with van der Waals surface area (Å²) in [5.74, 6) is 0.914. The molecule has 0 spiro atoms. The van der Waals surface area contributed by atoms with E-state index >= 15 is 0 Å². The van der Waals surface area contributed by atoms with Gasteiger partial charge in [-0.25, -0.2) is 13.4 Å². The van der Waals surface area contributed by atoms with Crippen molar-refractivity contribution in [3.8, 4) is 5.75 Å². The van der Waals surface area contributed by atoms with Crippen LogP contribution >= 0.6 is 0 Å². The number of nitrogens with one attached hydrogen (secondary N) is 2. The summed E-state index contributed by atoms with van der Waals surface area (Å²) in [6.45, 7) is 4.12. The molecule has 2 fully saturated rings. The molecule has 2 saturated heterocycles. The molecular formula is C31H36N4O3S. The highest BCUT2D eigenvalue weighted by Crippen LogP contribution is 2.41. The third kappa shape index (κ3) is 5.33. The van der Waals surface area contributed by atoms with Gasteiger partial charge in [0.1, 0.15) is 5.75 Å². The number of benzene rings is 3. The Morgan fingerprint density at radius 2 is 1.90 bits per heavy atom. The molecule has 0 amide bonds. The SMILES string of the molecule is CCCCOc1ccc(S(=O)(=O)C2C3NC(CC3Cn3ccnc3)C2NCc2ccc3ccccc3c2)cc1. The first-order valence-electron chi connectivity index (χ1n) is 13.9. The quantitative estimate of drug-likeness (QED) is 0.269. The minimum Gasteiger partial charge on any atom is -0.494 e. The Labute approximate surface area is 230 Å². The molecular weight excluding hydrogens is 508 g/mol. The van der Waals surface area contributed by atoms with Gasteiger partial charge in [-0.15, -0.1) is 0 Å². The van der Waals surface area contributed by atoms with Gasteiger partial charge in [0.25, 0.3) is 0 Å². The largest absolute Gasteiger partial charge is 0.494 e. The number of unbranched alkanes of at least 4 members (excludes halogenated alkanes) is 1. The summed E-state index contributed by atoms with van der Waals surface area (Å²) in [6.07, 6.45) is 8.48. The van der Waals surface area contributed by atoms with Crippen molar-refractivity contribution < 1.29 is 13.2 Å². The fourth-order valence-electron chi connectivity index (χ4n) is 6.29. The average Bonchev–Trinajstić information content (AvgIpc) is 3.70. The maximum atomic E-state index is 14.2. The van der Waals surface area contributed by atoms with E-state index in [1.54, 1.807) is 30.5 Å². The molecule has 2 N–H and O–H groups in total. The van der Waals surface area contributed by atoms with Gasteiger partial charge in [0.05, 0.1) is 23.1 Å². The monoisotopic (exact) mass is 544 g/mol. The molecule has 2 aliphatic rings. The molecule has 204 valence electrons. The molecule has 5 unspecified atom stereocenters. The van der Waals surface area contributed by atoms with Gasteiger partial charge >= 0.3 is 0 Å². The minimum absolute atomic E-state index is 0.0837. The van der Waals surface area contributed by atoms with Crippen LogP contribution in [0.5, 0.6) is 5.75 Å². The smallest absolute Gasteiger partial charge is 0.184 e. The van der Waals surface area contributed by atoms with Crippen molar-refractivity contribution in [2.24, 2.45) is 5.92 Å². The van der Waals surface area contributed by atoms with Crippen molar-refractivity contribution >= 4 is 20.6 Å². The summed E-state index contributed by atoms with van der Waals surface area (Å²) >= 11 is 0. The molecule has 7 nitrogen and oxygen atoms in total. The molecule has 0 aliphatic carbocycles. The highest BCUT2D eigenvalue weighted by atomic mass is 32.2. The molecule has 3 aromatic carbocycles. The first-order chi connectivity index (χ1) is 19.0. The van der Waals surface area contributed by atoms with E-state index < -0.39 is 15.1 Å². The van der Waals surface area contributed by atoms with Gasteiger partial charge in [0.15, 0.2) is 9.84 Å². The highest BCUT2D eigenvalue weighted by Gasteiger charge is 2.57. The van der Waals surface area contributed by atoms with Crippen molar-refractivity contribution in [1.82, 2.24) is 20.2 Å². The second-order valence-electron chi connectivity index (χ2n) is 10.8. The average molecular weight is 545 g/mol. The molecule has 39 heavy (non-hydrogen) atoms. The molecule has 5 atom stereocenters. The molecule has 1 aromatic heterocycles. The standard InChI is InChI=1S/C31H36N4O3S/c1-2-3-16-38-26-10-12-27(13-11-26)39(36,37)31-29-25(20-35-15-14-32-21-35)18-28(34-29)30(31)33-19-22-8-9-23-6-4-5-7-24(23)17-22/h4-15,17,21,25,28-31,33-34H,2-3,16,18-20H2,1H3. The van der Waals surface area contributed by atoms with E-state index in [2.05, 4.69) is 57.4 Å². The van der Waals surface area contributed by atoms with Crippen LogP contribution in [0.1, 0.15) is 31.7 Å². The Balaban J connectivity index is 1.25. The van der Waals surface area contributed by atoms with Crippen LogP contribution in [0.15, 0.2) is 90.3 Å². The fourth-order valence-corrected chi connectivity index (χ4v) is 8.48. The lowest BCUT2D eigenvalue weighted by Gasteiger charge is -2.34. The second-order valence-corrected chi connectivity index (χ2v) is 12.9. The third-order valence-electron chi connectivity index (χ3n) is 8.25. The summed E-state index contributed by atoms with van der Waals surface area (Å²) in [7, 11) is -3.62. The van der Waals surface area contributed by atoms with Crippen LogP contribution in [0.25, 0.3) is 10.8 Å². The van der Waals surface area contributed by atoms with Gasteiger partial charge < -0.3 is 19.9 Å². The first kappa shape index (κ1) is 26.0. The number of nitrogens with zero attached hydrogens (tertiary/aromatic N) is 2. The van der Waals surface area contributed by atoms with E-state index in [-0.39, 0.29) is 24.0 Å². The van der Waals surface area contributed by atoms with Crippen molar-refractivity contribution in [3.05, 3.63) is 91.0 Å². The molecule has 6 rings (SSSR count). The number of rotatable bonds is 11. The lowest BCUT2D eigenvalue weighted by Crippen LogP contribution is -2.53. The summed E-state index contributed by atoms with van der Waals surface area (Å²) in [5.41, 5.74) is 1.15. The van der Waals surface area contributed by atoms with E-state index in [0.717, 1.165) is 31.4 Å². The number of ether oxygens (including phenoxy) is 1. The van der Waals surface area contributed by atoms with E-state index in [1.807, 2.05) is 24.7 Å². The van der Waals surface area contributed by atoms with Crippen molar-refractivity contribution in [2.75, 3.05) is 6.61 Å². The van der Waals surface area contributed by atoms with Gasteiger partial charge in [-0.05, 0) is 65.4 Å². The van der Waals surface area contributed by atoms with Crippen LogP contribution in [0.3, 0.4) is 0 Å². The third-order valence-corrected chi connectivity index (χ3v) is 10.5. The van der Waals surface area contributed by atoms with Crippen LogP contribution < -0.4 is 15.4 Å². The highest BCUT2D eigenvalue weighted by molar-refractivity contribution is 7.92. The number of imidazole rings is 1. The first-order valence-corrected chi connectivity index (χ1v) is 15.5. The Bertz CT molecular complexity index is 1500. The van der Waals surface area contributed by atoms with Gasteiger partial charge in [-0.3, -0.25) is 0 Å². The Morgan fingerprint density at radius 1 is 1.08 bits per heavy atom. The van der Waals surface area contributed by atoms with E-state index in [0.29, 0.717) is 23.8 Å². The normalized spacial score (nSPS) is 24.4. The van der Waals surface area contributed by atoms with Crippen molar-refractivity contribution in [1.29, 1.82) is 0 Å². The zero-order valence-corrected chi connectivity index (χ0v) is 23.1. The van der Waals surface area contributed by atoms with E-state index in [1.165, 1.54) is 10.8 Å². The van der Waals surface area contributed by atoms with Crippen LogP contribution in [-0.4, -0.2) is 48.0 Å². The van der Waals surface area contributed by atoms with Gasteiger partial charge in [-0.1, -0.05) is 49.7 Å². The van der Waals surface area contributed by atoms with Crippen LogP contribution in [0.2, 0.25) is 0 Å². The maximum Gasteiger partial charge on any atom is 0.184 e. The molecule has 0 radical (unpaired) electrons. The zero-order chi connectivity index (χ0) is 26.8. The molecule has 2 bridgehead atoms.